The molecule has 0 aromatic heterocycles. The van der Waals surface area contributed by atoms with Gasteiger partial charge in [0, 0.05) is 6.54 Å². The van der Waals surface area contributed by atoms with Crippen LogP contribution in [0.4, 0.5) is 0 Å². The van der Waals surface area contributed by atoms with Crippen molar-refractivity contribution in [1.82, 2.24) is 0 Å². The number of hydrogen-bond acceptors (Lipinski definition) is 2. The largest absolute Gasteiger partial charge is 0.328 e. The molecule has 0 aliphatic rings. The van der Waals surface area contributed by atoms with Crippen molar-refractivity contribution in [3.8, 4) is 0 Å². The summed E-state index contributed by atoms with van der Waals surface area (Å²) in [6.07, 6.45) is 1.00. The van der Waals surface area contributed by atoms with Crippen molar-refractivity contribution >= 4 is 6.72 Å². The van der Waals surface area contributed by atoms with Crippen molar-refractivity contribution in [3.05, 3.63) is 0 Å². The standard InChI is InChI=1S/C5H12N2/c1-3-5(4-6)7-2/h5H,2-4,6H2,1H3. The highest BCUT2D eigenvalue weighted by Crippen LogP contribution is 1.89. The summed E-state index contributed by atoms with van der Waals surface area (Å²) in [6.45, 7) is 6.05. The quantitative estimate of drug-likeness (QED) is 0.513. The van der Waals surface area contributed by atoms with Crippen molar-refractivity contribution in [1.29, 1.82) is 0 Å². The maximum atomic E-state index is 5.26. The highest BCUT2D eigenvalue weighted by Gasteiger charge is 1.93. The van der Waals surface area contributed by atoms with E-state index in [9.17, 15) is 0 Å². The lowest BCUT2D eigenvalue weighted by molar-refractivity contribution is 0.667. The fourth-order valence-electron chi connectivity index (χ4n) is 0.370. The van der Waals surface area contributed by atoms with Crippen LogP contribution in [0.15, 0.2) is 4.99 Å². The molecule has 0 saturated carbocycles. The molecule has 0 aromatic rings. The first-order chi connectivity index (χ1) is 3.35. The zero-order chi connectivity index (χ0) is 5.70. The molecule has 2 N–H and O–H groups in total. The predicted molar refractivity (Wildman–Crippen MR) is 32.7 cm³/mol. The minimum Gasteiger partial charge on any atom is -0.328 e. The van der Waals surface area contributed by atoms with E-state index < -0.39 is 0 Å². The minimum absolute atomic E-state index is 0.278. The van der Waals surface area contributed by atoms with E-state index in [1.807, 2.05) is 6.92 Å². The Morgan fingerprint density at radius 3 is 2.43 bits per heavy atom. The molecule has 42 valence electrons. The van der Waals surface area contributed by atoms with Crippen molar-refractivity contribution in [2.45, 2.75) is 19.4 Å². The third-order valence-electron chi connectivity index (χ3n) is 1.00. The van der Waals surface area contributed by atoms with Crippen LogP contribution in [-0.2, 0) is 0 Å². The van der Waals surface area contributed by atoms with Gasteiger partial charge in [-0.25, -0.2) is 0 Å². The summed E-state index contributed by atoms with van der Waals surface area (Å²) in [5.41, 5.74) is 5.26. The van der Waals surface area contributed by atoms with Gasteiger partial charge in [-0.2, -0.15) is 0 Å². The first kappa shape index (κ1) is 6.63. The van der Waals surface area contributed by atoms with Crippen LogP contribution >= 0.6 is 0 Å². The second-order valence-electron chi connectivity index (χ2n) is 1.48. The average molecular weight is 100 g/mol. The SMILES string of the molecule is C=NC(CC)CN. The number of nitrogens with two attached hydrogens (primary N) is 1. The zero-order valence-corrected chi connectivity index (χ0v) is 4.72. The maximum absolute atomic E-state index is 5.26. The summed E-state index contributed by atoms with van der Waals surface area (Å²) in [6, 6.07) is 0.278. The molecule has 0 rings (SSSR count). The third kappa shape index (κ3) is 2.34. The Morgan fingerprint density at radius 2 is 2.43 bits per heavy atom. The Hall–Kier alpha value is -0.370. The van der Waals surface area contributed by atoms with Crippen LogP contribution in [0.5, 0.6) is 0 Å². The lowest BCUT2D eigenvalue weighted by Gasteiger charge is -2.01. The topological polar surface area (TPSA) is 38.4 Å². The van der Waals surface area contributed by atoms with Crippen molar-refractivity contribution in [2.24, 2.45) is 10.7 Å². The Balaban J connectivity index is 3.16. The first-order valence-corrected chi connectivity index (χ1v) is 2.51. The highest BCUT2D eigenvalue weighted by atomic mass is 14.8. The number of aliphatic imine (C=N–C) groups is 1. The Bertz CT molecular complexity index is 48.0. The Morgan fingerprint density at radius 1 is 1.86 bits per heavy atom. The van der Waals surface area contributed by atoms with Crippen LogP contribution in [0.3, 0.4) is 0 Å². The van der Waals surface area contributed by atoms with E-state index in [0.29, 0.717) is 6.54 Å². The zero-order valence-electron chi connectivity index (χ0n) is 4.72. The smallest absolute Gasteiger partial charge is 0.0612 e. The summed E-state index contributed by atoms with van der Waals surface area (Å²) in [7, 11) is 0. The van der Waals surface area contributed by atoms with Gasteiger partial charge in [-0.15, -0.1) is 0 Å². The van der Waals surface area contributed by atoms with Gasteiger partial charge in [0.05, 0.1) is 6.04 Å². The molecule has 0 aliphatic heterocycles. The van der Waals surface area contributed by atoms with Crippen molar-refractivity contribution in [3.63, 3.8) is 0 Å². The number of nitrogens with zero attached hydrogens (tertiary/aromatic N) is 1. The second kappa shape index (κ2) is 3.81. The second-order valence-corrected chi connectivity index (χ2v) is 1.48. The molecule has 1 unspecified atom stereocenters. The predicted octanol–water partition coefficient (Wildman–Crippen LogP) is 0.424. The van der Waals surface area contributed by atoms with E-state index in [1.54, 1.807) is 0 Å². The molecule has 0 heterocycles. The summed E-state index contributed by atoms with van der Waals surface area (Å²) < 4.78 is 0. The number of hydrogen-bond donors (Lipinski definition) is 1. The molecule has 0 radical (unpaired) electrons. The Labute approximate surface area is 44.4 Å². The molecule has 0 fully saturated rings. The van der Waals surface area contributed by atoms with Gasteiger partial charge in [-0.05, 0) is 13.1 Å². The van der Waals surface area contributed by atoms with Gasteiger partial charge in [0.1, 0.15) is 0 Å². The number of rotatable bonds is 3. The first-order valence-electron chi connectivity index (χ1n) is 2.51. The van der Waals surface area contributed by atoms with Crippen LogP contribution in [0, 0.1) is 0 Å². The van der Waals surface area contributed by atoms with Crippen molar-refractivity contribution < 1.29 is 0 Å². The van der Waals surface area contributed by atoms with Gasteiger partial charge in [0.15, 0.2) is 0 Å². The fourth-order valence-corrected chi connectivity index (χ4v) is 0.370. The summed E-state index contributed by atoms with van der Waals surface area (Å²) in [4.78, 5) is 3.75. The lowest BCUT2D eigenvalue weighted by Crippen LogP contribution is -2.15. The summed E-state index contributed by atoms with van der Waals surface area (Å²) >= 11 is 0. The third-order valence-corrected chi connectivity index (χ3v) is 1.00. The van der Waals surface area contributed by atoms with E-state index in [0.717, 1.165) is 6.42 Å². The van der Waals surface area contributed by atoms with Gasteiger partial charge >= 0.3 is 0 Å². The molecule has 0 aliphatic carbocycles. The van der Waals surface area contributed by atoms with Crippen LogP contribution in [-0.4, -0.2) is 19.3 Å². The van der Waals surface area contributed by atoms with E-state index in [-0.39, 0.29) is 6.04 Å². The van der Waals surface area contributed by atoms with E-state index in [1.165, 1.54) is 0 Å². The van der Waals surface area contributed by atoms with Gasteiger partial charge in [-0.1, -0.05) is 6.92 Å². The monoisotopic (exact) mass is 100 g/mol. The normalized spacial score (nSPS) is 13.4. The molecule has 0 amide bonds. The fraction of sp³-hybridized carbons (Fsp3) is 0.800. The molecular formula is C5H12N2. The molecule has 2 nitrogen and oxygen atoms in total. The molecule has 0 aromatic carbocycles. The van der Waals surface area contributed by atoms with Crippen molar-refractivity contribution in [2.75, 3.05) is 6.54 Å². The molecular weight excluding hydrogens is 88.1 g/mol. The van der Waals surface area contributed by atoms with Crippen LogP contribution in [0.1, 0.15) is 13.3 Å². The van der Waals surface area contributed by atoms with E-state index >= 15 is 0 Å². The van der Waals surface area contributed by atoms with Crippen LogP contribution < -0.4 is 5.73 Å². The summed E-state index contributed by atoms with van der Waals surface area (Å²) in [5.74, 6) is 0. The van der Waals surface area contributed by atoms with Gasteiger partial charge in [-0.3, -0.25) is 4.99 Å². The van der Waals surface area contributed by atoms with Crippen LogP contribution in [0.25, 0.3) is 0 Å². The molecule has 0 spiro atoms. The summed E-state index contributed by atoms with van der Waals surface area (Å²) in [5, 5.41) is 0. The molecule has 0 saturated heterocycles. The minimum atomic E-state index is 0.278. The Kier molecular flexibility index (Phi) is 3.61. The molecule has 1 atom stereocenters. The highest BCUT2D eigenvalue weighted by molar-refractivity contribution is 5.24. The molecule has 7 heavy (non-hydrogen) atoms. The van der Waals surface area contributed by atoms with Gasteiger partial charge in [0.2, 0.25) is 0 Å². The van der Waals surface area contributed by atoms with Gasteiger partial charge < -0.3 is 5.73 Å². The maximum Gasteiger partial charge on any atom is 0.0612 e. The molecule has 2 heteroatoms. The average Bonchev–Trinajstić information content (AvgIpc) is 1.72. The van der Waals surface area contributed by atoms with Crippen LogP contribution in [0.2, 0.25) is 0 Å². The van der Waals surface area contributed by atoms with E-state index in [4.69, 9.17) is 5.73 Å². The molecule has 0 bridgehead atoms. The van der Waals surface area contributed by atoms with E-state index in [2.05, 4.69) is 11.7 Å². The lowest BCUT2D eigenvalue weighted by atomic mass is 10.2. The van der Waals surface area contributed by atoms with Gasteiger partial charge in [0.25, 0.3) is 0 Å².